The molecular weight excluding hydrogens is 450 g/mol. The van der Waals surface area contributed by atoms with Gasteiger partial charge in [0.15, 0.2) is 0 Å². The number of hydrogen-bond acceptors (Lipinski definition) is 5. The summed E-state index contributed by atoms with van der Waals surface area (Å²) in [6.07, 6.45) is 1.45. The molecule has 0 bridgehead atoms. The van der Waals surface area contributed by atoms with Crippen LogP contribution in [0.1, 0.15) is 29.8 Å². The third kappa shape index (κ3) is 5.35. The maximum atomic E-state index is 12.8. The average Bonchev–Trinajstić information content (AvgIpc) is 2.61. The van der Waals surface area contributed by atoms with Crippen LogP contribution in [0.5, 0.6) is 0 Å². The van der Waals surface area contributed by atoms with E-state index in [1.54, 1.807) is 53.1 Å². The molecule has 0 unspecified atom stereocenters. The SMILES string of the molecule is COCC(C)(C)ONC(=O)c1cn(C)c(=O)c(C)c1Nc1ccc(Br)cc1Cl. The topological polar surface area (TPSA) is 81.6 Å². The second-order valence-electron chi connectivity index (χ2n) is 6.93. The van der Waals surface area contributed by atoms with Gasteiger partial charge in [0.1, 0.15) is 5.60 Å². The number of pyridine rings is 1. The summed E-state index contributed by atoms with van der Waals surface area (Å²) in [5, 5.41) is 3.54. The van der Waals surface area contributed by atoms with Gasteiger partial charge in [0.2, 0.25) is 0 Å². The first kappa shape index (κ1) is 22.4. The van der Waals surface area contributed by atoms with Gasteiger partial charge in [0, 0.05) is 30.4 Å². The number of benzene rings is 1. The Labute approximate surface area is 177 Å². The number of amides is 1. The van der Waals surface area contributed by atoms with Crippen molar-refractivity contribution in [3.63, 3.8) is 0 Å². The van der Waals surface area contributed by atoms with Crippen molar-refractivity contribution in [2.45, 2.75) is 26.4 Å². The maximum absolute atomic E-state index is 12.8. The third-order valence-corrected chi connectivity index (χ3v) is 4.76. The fourth-order valence-corrected chi connectivity index (χ4v) is 3.29. The molecule has 1 aromatic carbocycles. The van der Waals surface area contributed by atoms with Crippen molar-refractivity contribution in [2.75, 3.05) is 19.0 Å². The lowest BCUT2D eigenvalue weighted by molar-refractivity contribution is -0.103. The van der Waals surface area contributed by atoms with Crippen LogP contribution in [0.4, 0.5) is 11.4 Å². The Bertz CT molecular complexity index is 944. The number of methoxy groups -OCH3 is 1. The molecule has 152 valence electrons. The largest absolute Gasteiger partial charge is 0.382 e. The van der Waals surface area contributed by atoms with Crippen LogP contribution in [0.15, 0.2) is 33.7 Å². The van der Waals surface area contributed by atoms with E-state index in [9.17, 15) is 9.59 Å². The lowest BCUT2D eigenvalue weighted by atomic mass is 10.1. The molecule has 0 aliphatic rings. The van der Waals surface area contributed by atoms with Crippen LogP contribution >= 0.6 is 27.5 Å². The molecule has 1 heterocycles. The van der Waals surface area contributed by atoms with E-state index in [1.807, 2.05) is 0 Å². The van der Waals surface area contributed by atoms with Gasteiger partial charge in [0.05, 0.1) is 28.6 Å². The number of hydroxylamine groups is 1. The van der Waals surface area contributed by atoms with Crippen molar-refractivity contribution in [3.8, 4) is 0 Å². The molecule has 7 nitrogen and oxygen atoms in total. The van der Waals surface area contributed by atoms with Crippen LogP contribution in [0, 0.1) is 6.92 Å². The van der Waals surface area contributed by atoms with Crippen LogP contribution in [0.3, 0.4) is 0 Å². The molecule has 0 saturated heterocycles. The molecule has 2 rings (SSSR count). The molecule has 2 aromatic rings. The predicted octanol–water partition coefficient (Wildman–Crippen LogP) is 3.94. The fourth-order valence-electron chi connectivity index (χ4n) is 2.57. The summed E-state index contributed by atoms with van der Waals surface area (Å²) in [6.45, 7) is 5.50. The monoisotopic (exact) mass is 471 g/mol. The Hall–Kier alpha value is -1.87. The summed E-state index contributed by atoms with van der Waals surface area (Å²) in [4.78, 5) is 30.7. The molecule has 0 radical (unpaired) electrons. The van der Waals surface area contributed by atoms with Crippen LogP contribution in [0.2, 0.25) is 5.02 Å². The lowest BCUT2D eigenvalue weighted by Crippen LogP contribution is -2.39. The molecule has 2 N–H and O–H groups in total. The summed E-state index contributed by atoms with van der Waals surface area (Å²) >= 11 is 9.63. The zero-order valence-electron chi connectivity index (χ0n) is 16.4. The maximum Gasteiger partial charge on any atom is 0.278 e. The van der Waals surface area contributed by atoms with Crippen LogP contribution < -0.4 is 16.4 Å². The smallest absolute Gasteiger partial charge is 0.278 e. The molecule has 0 fully saturated rings. The van der Waals surface area contributed by atoms with Gasteiger partial charge >= 0.3 is 0 Å². The van der Waals surface area contributed by atoms with E-state index in [-0.39, 0.29) is 11.1 Å². The lowest BCUT2D eigenvalue weighted by Gasteiger charge is -2.24. The highest BCUT2D eigenvalue weighted by molar-refractivity contribution is 9.10. The Morgan fingerprint density at radius 2 is 2.04 bits per heavy atom. The number of anilines is 2. The molecule has 0 spiro atoms. The Morgan fingerprint density at radius 3 is 2.64 bits per heavy atom. The highest BCUT2D eigenvalue weighted by Gasteiger charge is 2.23. The first-order chi connectivity index (χ1) is 13.1. The quantitative estimate of drug-likeness (QED) is 0.597. The van der Waals surface area contributed by atoms with Gasteiger partial charge in [0.25, 0.3) is 11.5 Å². The first-order valence-electron chi connectivity index (χ1n) is 8.45. The molecule has 0 aliphatic carbocycles. The molecule has 0 atom stereocenters. The number of carbonyl (C=O) groups excluding carboxylic acids is 1. The van der Waals surface area contributed by atoms with Crippen molar-refractivity contribution < 1.29 is 14.4 Å². The summed E-state index contributed by atoms with van der Waals surface area (Å²) in [7, 11) is 3.13. The van der Waals surface area contributed by atoms with Gasteiger partial charge in [-0.05, 0) is 39.0 Å². The number of ether oxygens (including phenoxy) is 1. The van der Waals surface area contributed by atoms with Gasteiger partial charge < -0.3 is 14.6 Å². The number of hydrogen-bond donors (Lipinski definition) is 2. The van der Waals surface area contributed by atoms with E-state index >= 15 is 0 Å². The Kier molecular flexibility index (Phi) is 7.28. The minimum atomic E-state index is -0.720. The minimum Gasteiger partial charge on any atom is -0.382 e. The second kappa shape index (κ2) is 9.09. The third-order valence-electron chi connectivity index (χ3n) is 3.96. The standard InChI is InChI=1S/C19H23BrClN3O4/c1-11-16(22-15-7-6-12(20)8-14(15)21)13(9-24(4)18(11)26)17(25)23-28-19(2,3)10-27-5/h6-9,22H,10H2,1-5H3,(H,23,25). The number of aromatic nitrogens is 1. The summed E-state index contributed by atoms with van der Waals surface area (Å²) in [5.41, 5.74) is 3.03. The summed E-state index contributed by atoms with van der Waals surface area (Å²) in [6, 6.07) is 5.28. The van der Waals surface area contributed by atoms with Crippen molar-refractivity contribution in [2.24, 2.45) is 7.05 Å². The van der Waals surface area contributed by atoms with Crippen molar-refractivity contribution in [1.82, 2.24) is 10.0 Å². The Balaban J connectivity index is 2.41. The van der Waals surface area contributed by atoms with Gasteiger partial charge in [-0.3, -0.25) is 14.4 Å². The highest BCUT2D eigenvalue weighted by atomic mass is 79.9. The molecule has 1 amide bonds. The second-order valence-corrected chi connectivity index (χ2v) is 8.26. The van der Waals surface area contributed by atoms with E-state index in [0.717, 1.165) is 4.47 Å². The normalized spacial score (nSPS) is 11.4. The van der Waals surface area contributed by atoms with E-state index in [1.165, 1.54) is 10.8 Å². The van der Waals surface area contributed by atoms with Gasteiger partial charge in [-0.25, -0.2) is 5.48 Å². The van der Waals surface area contributed by atoms with E-state index in [2.05, 4.69) is 26.7 Å². The molecular formula is C19H23BrClN3O4. The van der Waals surface area contributed by atoms with E-state index in [4.69, 9.17) is 21.2 Å². The first-order valence-corrected chi connectivity index (χ1v) is 9.62. The van der Waals surface area contributed by atoms with Crippen LogP contribution in [-0.2, 0) is 16.6 Å². The van der Waals surface area contributed by atoms with E-state index in [0.29, 0.717) is 28.6 Å². The Morgan fingerprint density at radius 1 is 1.36 bits per heavy atom. The number of aryl methyl sites for hydroxylation is 1. The zero-order valence-corrected chi connectivity index (χ0v) is 18.7. The number of nitrogens with one attached hydrogen (secondary N) is 2. The van der Waals surface area contributed by atoms with Crippen LogP contribution in [0.25, 0.3) is 0 Å². The number of nitrogens with zero attached hydrogens (tertiary/aromatic N) is 1. The summed E-state index contributed by atoms with van der Waals surface area (Å²) in [5.74, 6) is -0.501. The van der Waals surface area contributed by atoms with Gasteiger partial charge in [-0.1, -0.05) is 27.5 Å². The molecule has 9 heteroatoms. The van der Waals surface area contributed by atoms with Gasteiger partial charge in [-0.15, -0.1) is 0 Å². The molecule has 0 saturated carbocycles. The number of carbonyl (C=O) groups is 1. The molecule has 28 heavy (non-hydrogen) atoms. The van der Waals surface area contributed by atoms with Crippen LogP contribution in [-0.4, -0.2) is 29.8 Å². The van der Waals surface area contributed by atoms with Crippen molar-refractivity contribution >= 4 is 44.8 Å². The highest BCUT2D eigenvalue weighted by Crippen LogP contribution is 2.30. The van der Waals surface area contributed by atoms with Gasteiger partial charge in [-0.2, -0.15) is 0 Å². The average molecular weight is 473 g/mol. The number of rotatable bonds is 7. The zero-order chi connectivity index (χ0) is 21.1. The van der Waals surface area contributed by atoms with Crippen molar-refractivity contribution in [1.29, 1.82) is 0 Å². The predicted molar refractivity (Wildman–Crippen MR) is 113 cm³/mol. The molecule has 0 aliphatic heterocycles. The number of halogens is 2. The fraction of sp³-hybridized carbons (Fsp3) is 0.368. The molecule has 1 aromatic heterocycles. The summed E-state index contributed by atoms with van der Waals surface area (Å²) < 4.78 is 7.23. The van der Waals surface area contributed by atoms with Crippen molar-refractivity contribution in [3.05, 3.63) is 55.4 Å². The minimum absolute atomic E-state index is 0.229. The van der Waals surface area contributed by atoms with E-state index < -0.39 is 11.5 Å².